The summed E-state index contributed by atoms with van der Waals surface area (Å²) >= 11 is 1.62. The van der Waals surface area contributed by atoms with Crippen LogP contribution in [0.1, 0.15) is 24.5 Å². The van der Waals surface area contributed by atoms with E-state index in [1.54, 1.807) is 17.8 Å². The van der Waals surface area contributed by atoms with E-state index in [0.717, 1.165) is 18.4 Å². The van der Waals surface area contributed by atoms with Crippen LogP contribution < -0.4 is 0 Å². The van der Waals surface area contributed by atoms with Crippen LogP contribution in [0.4, 0.5) is 8.78 Å². The van der Waals surface area contributed by atoms with Gasteiger partial charge in [0.25, 0.3) is 0 Å². The minimum absolute atomic E-state index is 0.524. The average molecular weight is 264 g/mol. The molecule has 0 aromatic heterocycles. The molecule has 18 heavy (non-hydrogen) atoms. The van der Waals surface area contributed by atoms with Crippen molar-refractivity contribution < 1.29 is 8.78 Å². The van der Waals surface area contributed by atoms with Gasteiger partial charge in [0.15, 0.2) is 11.6 Å². The van der Waals surface area contributed by atoms with E-state index >= 15 is 0 Å². The molecule has 1 unspecified atom stereocenters. The fourth-order valence-electron chi connectivity index (χ4n) is 2.57. The van der Waals surface area contributed by atoms with Crippen molar-refractivity contribution in [1.82, 2.24) is 0 Å². The fraction of sp³-hybridized carbons (Fsp3) is 0.333. The molecule has 94 valence electrons. The molecule has 0 saturated heterocycles. The Morgan fingerprint density at radius 3 is 2.94 bits per heavy atom. The maximum atomic E-state index is 13.8. The molecule has 1 heterocycles. The molecule has 0 saturated carbocycles. The van der Waals surface area contributed by atoms with Crippen LogP contribution in [0.15, 0.2) is 34.8 Å². The number of hydrogen-bond donors (Lipinski definition) is 0. The van der Waals surface area contributed by atoms with E-state index in [0.29, 0.717) is 17.2 Å². The zero-order valence-corrected chi connectivity index (χ0v) is 11.0. The number of benzene rings is 1. The zero-order valence-electron chi connectivity index (χ0n) is 10.2. The van der Waals surface area contributed by atoms with Crippen molar-refractivity contribution in [2.24, 2.45) is 5.92 Å². The third-order valence-electron chi connectivity index (χ3n) is 3.56. The molecule has 0 radical (unpaired) electrons. The normalized spacial score (nSPS) is 22.5. The largest absolute Gasteiger partial charge is 0.204 e. The number of thioether (sulfide) groups is 1. The Morgan fingerprint density at radius 2 is 2.11 bits per heavy atom. The molecular formula is C15H14F2S. The Labute approximate surface area is 110 Å². The zero-order chi connectivity index (χ0) is 12.7. The summed E-state index contributed by atoms with van der Waals surface area (Å²) in [6, 6.07) is 2.97. The van der Waals surface area contributed by atoms with E-state index in [2.05, 4.69) is 19.1 Å². The first-order valence-electron chi connectivity index (χ1n) is 6.14. The van der Waals surface area contributed by atoms with Gasteiger partial charge in [-0.3, -0.25) is 0 Å². The number of rotatable bonds is 0. The highest BCUT2D eigenvalue weighted by Gasteiger charge is 2.22. The average Bonchev–Trinajstić information content (AvgIpc) is 2.53. The van der Waals surface area contributed by atoms with Gasteiger partial charge < -0.3 is 0 Å². The van der Waals surface area contributed by atoms with Crippen molar-refractivity contribution >= 4 is 11.8 Å². The van der Waals surface area contributed by atoms with E-state index in [1.807, 2.05) is 0 Å². The SMILES string of the molecule is CC1C=CC2=C(Cc3ccc(F)c(F)c3CS2)C1. The molecule has 0 bridgehead atoms. The van der Waals surface area contributed by atoms with Crippen molar-refractivity contribution in [2.45, 2.75) is 25.5 Å². The predicted molar refractivity (Wildman–Crippen MR) is 71.3 cm³/mol. The summed E-state index contributed by atoms with van der Waals surface area (Å²) in [7, 11) is 0. The van der Waals surface area contributed by atoms with Crippen LogP contribution in [-0.2, 0) is 12.2 Å². The highest BCUT2D eigenvalue weighted by molar-refractivity contribution is 8.02. The number of fused-ring (bicyclic) bond motifs is 1. The molecule has 1 aromatic rings. The number of allylic oxidation sites excluding steroid dienone is 3. The summed E-state index contributed by atoms with van der Waals surface area (Å²) in [6.45, 7) is 2.18. The molecule has 0 fully saturated rings. The lowest BCUT2D eigenvalue weighted by atomic mass is 9.90. The van der Waals surface area contributed by atoms with Crippen molar-refractivity contribution in [3.63, 3.8) is 0 Å². The summed E-state index contributed by atoms with van der Waals surface area (Å²) in [5.74, 6) is -0.345. The van der Waals surface area contributed by atoms with Crippen LogP contribution in [0.3, 0.4) is 0 Å². The Kier molecular flexibility index (Phi) is 3.02. The standard InChI is InChI=1S/C15H14F2S/c1-9-2-5-14-11(6-9)7-10-3-4-13(16)15(17)12(10)8-18-14/h2-5,9H,6-8H2,1H3. The third kappa shape index (κ3) is 2.01. The second kappa shape index (κ2) is 4.54. The van der Waals surface area contributed by atoms with Gasteiger partial charge >= 0.3 is 0 Å². The van der Waals surface area contributed by atoms with Crippen molar-refractivity contribution in [3.05, 3.63) is 57.5 Å². The van der Waals surface area contributed by atoms with Crippen molar-refractivity contribution in [2.75, 3.05) is 0 Å². The quantitative estimate of drug-likeness (QED) is 0.659. The summed E-state index contributed by atoms with van der Waals surface area (Å²) in [5, 5.41) is 0. The second-order valence-corrected chi connectivity index (χ2v) is 5.99. The molecule has 1 aliphatic carbocycles. The van der Waals surface area contributed by atoms with Gasteiger partial charge in [0.2, 0.25) is 0 Å². The van der Waals surface area contributed by atoms with Crippen LogP contribution in [0.25, 0.3) is 0 Å². The number of hydrogen-bond acceptors (Lipinski definition) is 1. The van der Waals surface area contributed by atoms with Crippen molar-refractivity contribution in [3.8, 4) is 0 Å². The molecule has 0 spiro atoms. The molecule has 3 rings (SSSR count). The van der Waals surface area contributed by atoms with Gasteiger partial charge in [0.05, 0.1) is 0 Å². The first-order chi connectivity index (χ1) is 8.65. The predicted octanol–water partition coefficient (Wildman–Crippen LogP) is 4.60. The molecule has 1 aromatic carbocycles. The smallest absolute Gasteiger partial charge is 0.163 e. The van der Waals surface area contributed by atoms with Gasteiger partial charge in [-0.05, 0) is 30.4 Å². The summed E-state index contributed by atoms with van der Waals surface area (Å²) in [5.41, 5.74) is 2.84. The van der Waals surface area contributed by atoms with Gasteiger partial charge in [0.1, 0.15) is 0 Å². The van der Waals surface area contributed by atoms with Gasteiger partial charge in [-0.2, -0.15) is 0 Å². The Balaban J connectivity index is 2.02. The third-order valence-corrected chi connectivity index (χ3v) is 4.73. The molecule has 0 N–H and O–H groups in total. The highest BCUT2D eigenvalue weighted by atomic mass is 32.2. The van der Waals surface area contributed by atoms with E-state index in [9.17, 15) is 8.78 Å². The number of halogens is 2. The molecule has 0 amide bonds. The maximum absolute atomic E-state index is 13.8. The lowest BCUT2D eigenvalue weighted by Crippen LogP contribution is -2.04. The molecule has 1 aliphatic heterocycles. The maximum Gasteiger partial charge on any atom is 0.163 e. The molecule has 0 nitrogen and oxygen atoms in total. The van der Waals surface area contributed by atoms with Crippen LogP contribution in [-0.4, -0.2) is 0 Å². The van der Waals surface area contributed by atoms with Gasteiger partial charge in [0, 0.05) is 16.2 Å². The second-order valence-electron chi connectivity index (χ2n) is 4.97. The first kappa shape index (κ1) is 12.0. The summed E-state index contributed by atoms with van der Waals surface area (Å²) < 4.78 is 27.1. The Morgan fingerprint density at radius 1 is 1.28 bits per heavy atom. The van der Waals surface area contributed by atoms with Crippen LogP contribution >= 0.6 is 11.8 Å². The van der Waals surface area contributed by atoms with E-state index in [4.69, 9.17) is 0 Å². The lowest BCUT2D eigenvalue weighted by molar-refractivity contribution is 0.500. The van der Waals surface area contributed by atoms with Crippen LogP contribution in [0.5, 0.6) is 0 Å². The van der Waals surface area contributed by atoms with Gasteiger partial charge in [-0.15, -0.1) is 11.8 Å². The summed E-state index contributed by atoms with van der Waals surface area (Å²) in [4.78, 5) is 1.24. The van der Waals surface area contributed by atoms with E-state index < -0.39 is 11.6 Å². The summed E-state index contributed by atoms with van der Waals surface area (Å²) in [6.07, 6.45) is 6.11. The van der Waals surface area contributed by atoms with Crippen LogP contribution in [0, 0.1) is 17.6 Å². The van der Waals surface area contributed by atoms with E-state index in [1.165, 1.54) is 16.5 Å². The molecule has 3 heteroatoms. The van der Waals surface area contributed by atoms with Gasteiger partial charge in [-0.1, -0.05) is 30.7 Å². The highest BCUT2D eigenvalue weighted by Crippen LogP contribution is 2.39. The monoisotopic (exact) mass is 264 g/mol. The molecular weight excluding hydrogens is 250 g/mol. The van der Waals surface area contributed by atoms with Gasteiger partial charge in [-0.25, -0.2) is 8.78 Å². The Hall–Kier alpha value is -1.09. The van der Waals surface area contributed by atoms with Crippen LogP contribution in [0.2, 0.25) is 0 Å². The lowest BCUT2D eigenvalue weighted by Gasteiger charge is -2.17. The topological polar surface area (TPSA) is 0 Å². The first-order valence-corrected chi connectivity index (χ1v) is 7.12. The minimum Gasteiger partial charge on any atom is -0.204 e. The molecule has 1 atom stereocenters. The fourth-order valence-corrected chi connectivity index (χ4v) is 3.72. The molecule has 2 aliphatic rings. The Bertz CT molecular complexity index is 558. The van der Waals surface area contributed by atoms with Crippen molar-refractivity contribution in [1.29, 1.82) is 0 Å². The minimum atomic E-state index is -0.738. The van der Waals surface area contributed by atoms with E-state index in [-0.39, 0.29) is 0 Å².